The Bertz CT molecular complexity index is 194. The van der Waals surface area contributed by atoms with E-state index in [1.165, 1.54) is 0 Å². The largest absolute Gasteiger partial charge is 0.350 e. The minimum absolute atomic E-state index is 0.0758. The van der Waals surface area contributed by atoms with Gasteiger partial charge in [-0.1, -0.05) is 26.8 Å². The molecule has 0 fully saturated rings. The van der Waals surface area contributed by atoms with Gasteiger partial charge in [0.2, 0.25) is 5.91 Å². The summed E-state index contributed by atoms with van der Waals surface area (Å²) in [5.41, 5.74) is 0.875. The number of allylic oxidation sites excluding steroid dienone is 1. The Kier molecular flexibility index (Phi) is 5.44. The minimum Gasteiger partial charge on any atom is -0.350 e. The van der Waals surface area contributed by atoms with Crippen LogP contribution in [0.5, 0.6) is 0 Å². The summed E-state index contributed by atoms with van der Waals surface area (Å²) in [6.07, 6.45) is 2.86. The third-order valence-corrected chi connectivity index (χ3v) is 2.19. The van der Waals surface area contributed by atoms with Gasteiger partial charge in [0.15, 0.2) is 0 Å². The molecule has 1 amide bonds. The van der Waals surface area contributed by atoms with Gasteiger partial charge in [0, 0.05) is 11.6 Å². The van der Waals surface area contributed by atoms with Gasteiger partial charge in [0.1, 0.15) is 0 Å². The van der Waals surface area contributed by atoms with E-state index in [-0.39, 0.29) is 11.9 Å². The topological polar surface area (TPSA) is 29.1 Å². The van der Waals surface area contributed by atoms with Gasteiger partial charge >= 0.3 is 0 Å². The average Bonchev–Trinajstić information content (AvgIpc) is 2.04. The van der Waals surface area contributed by atoms with Crippen molar-refractivity contribution in [1.29, 1.82) is 0 Å². The Morgan fingerprint density at radius 3 is 2.23 bits per heavy atom. The molecule has 0 aliphatic rings. The van der Waals surface area contributed by atoms with E-state index in [1.807, 2.05) is 33.8 Å². The molecule has 0 rings (SSSR count). The van der Waals surface area contributed by atoms with E-state index < -0.39 is 0 Å². The van der Waals surface area contributed by atoms with Crippen molar-refractivity contribution < 1.29 is 4.79 Å². The highest BCUT2D eigenvalue weighted by Gasteiger charge is 2.13. The molecule has 0 aromatic heterocycles. The third kappa shape index (κ3) is 4.11. The lowest BCUT2D eigenvalue weighted by Gasteiger charge is -2.15. The lowest BCUT2D eigenvalue weighted by molar-refractivity contribution is -0.118. The fourth-order valence-electron chi connectivity index (χ4n) is 1.14. The molecular formula is C11H21NO. The van der Waals surface area contributed by atoms with Gasteiger partial charge < -0.3 is 5.32 Å². The van der Waals surface area contributed by atoms with Gasteiger partial charge in [-0.15, -0.1) is 0 Å². The Balaban J connectivity index is 4.24. The number of nitrogens with one attached hydrogen (secondary N) is 1. The number of hydrogen-bond acceptors (Lipinski definition) is 1. The molecule has 2 nitrogen and oxygen atoms in total. The van der Waals surface area contributed by atoms with Crippen LogP contribution < -0.4 is 5.32 Å². The maximum atomic E-state index is 11.6. The van der Waals surface area contributed by atoms with E-state index in [0.29, 0.717) is 5.92 Å². The summed E-state index contributed by atoms with van der Waals surface area (Å²) in [6, 6.07) is 0.265. The van der Waals surface area contributed by atoms with Gasteiger partial charge in [-0.3, -0.25) is 4.79 Å². The maximum absolute atomic E-state index is 11.6. The number of carbonyl (C=O) groups is 1. The van der Waals surface area contributed by atoms with Crippen LogP contribution in [0.4, 0.5) is 0 Å². The summed E-state index contributed by atoms with van der Waals surface area (Å²) < 4.78 is 0. The van der Waals surface area contributed by atoms with Crippen LogP contribution in [0, 0.1) is 5.92 Å². The Labute approximate surface area is 81.4 Å². The summed E-state index contributed by atoms with van der Waals surface area (Å²) in [5.74, 6) is 0.376. The second kappa shape index (κ2) is 5.79. The van der Waals surface area contributed by atoms with E-state index in [2.05, 4.69) is 12.2 Å². The van der Waals surface area contributed by atoms with Crippen molar-refractivity contribution >= 4 is 5.91 Å². The Morgan fingerprint density at radius 1 is 1.38 bits per heavy atom. The summed E-state index contributed by atoms with van der Waals surface area (Å²) in [7, 11) is 0. The molecule has 0 radical (unpaired) electrons. The lowest BCUT2D eigenvalue weighted by Crippen LogP contribution is -2.34. The first kappa shape index (κ1) is 12.2. The molecule has 0 aromatic rings. The Morgan fingerprint density at radius 2 is 1.92 bits per heavy atom. The van der Waals surface area contributed by atoms with Crippen molar-refractivity contribution in [2.75, 3.05) is 0 Å². The number of rotatable bonds is 4. The molecule has 0 aliphatic heterocycles. The molecular weight excluding hydrogens is 162 g/mol. The van der Waals surface area contributed by atoms with Crippen molar-refractivity contribution in [1.82, 2.24) is 5.32 Å². The first-order valence-corrected chi connectivity index (χ1v) is 4.99. The van der Waals surface area contributed by atoms with Crippen molar-refractivity contribution in [3.63, 3.8) is 0 Å². The molecule has 1 atom stereocenters. The van der Waals surface area contributed by atoms with Crippen molar-refractivity contribution in [3.05, 3.63) is 11.6 Å². The van der Waals surface area contributed by atoms with E-state index in [4.69, 9.17) is 0 Å². The van der Waals surface area contributed by atoms with Crippen LogP contribution in [0.25, 0.3) is 0 Å². The monoisotopic (exact) mass is 183 g/mol. The standard InChI is InChI=1S/C11H21NO/c1-6-9(5)12-11(13)10(7-2)8(3)4/h7-9H,6H2,1-5H3,(H,12,13)/b10-7+. The molecule has 76 valence electrons. The highest BCUT2D eigenvalue weighted by Crippen LogP contribution is 2.09. The van der Waals surface area contributed by atoms with Crippen molar-refractivity contribution in [2.45, 2.75) is 47.1 Å². The highest BCUT2D eigenvalue weighted by molar-refractivity contribution is 5.93. The first-order chi connectivity index (χ1) is 6.02. The van der Waals surface area contributed by atoms with Gasteiger partial charge in [-0.2, -0.15) is 0 Å². The number of hydrogen-bond donors (Lipinski definition) is 1. The molecule has 0 bridgehead atoms. The second-order valence-corrected chi connectivity index (χ2v) is 3.68. The van der Waals surface area contributed by atoms with Crippen LogP contribution in [-0.2, 0) is 4.79 Å². The molecule has 0 aromatic carbocycles. The van der Waals surface area contributed by atoms with Crippen LogP contribution >= 0.6 is 0 Å². The molecule has 2 heteroatoms. The zero-order chi connectivity index (χ0) is 10.4. The zero-order valence-electron chi connectivity index (χ0n) is 9.35. The molecule has 0 spiro atoms. The van der Waals surface area contributed by atoms with Crippen LogP contribution in [-0.4, -0.2) is 11.9 Å². The van der Waals surface area contributed by atoms with E-state index in [0.717, 1.165) is 12.0 Å². The fraction of sp³-hybridized carbons (Fsp3) is 0.727. The predicted molar refractivity (Wildman–Crippen MR) is 56.5 cm³/mol. The molecule has 0 saturated carbocycles. The smallest absolute Gasteiger partial charge is 0.247 e. The van der Waals surface area contributed by atoms with E-state index in [9.17, 15) is 4.79 Å². The van der Waals surface area contributed by atoms with Crippen molar-refractivity contribution in [2.24, 2.45) is 5.92 Å². The minimum atomic E-state index is 0.0758. The fourth-order valence-corrected chi connectivity index (χ4v) is 1.14. The van der Waals surface area contributed by atoms with Crippen LogP contribution in [0.1, 0.15) is 41.0 Å². The lowest BCUT2D eigenvalue weighted by atomic mass is 10.0. The quantitative estimate of drug-likeness (QED) is 0.667. The molecule has 0 aliphatic carbocycles. The predicted octanol–water partition coefficient (Wildman–Crippen LogP) is 2.50. The molecule has 1 unspecified atom stereocenters. The summed E-state index contributed by atoms with van der Waals surface area (Å²) in [6.45, 7) is 10.1. The summed E-state index contributed by atoms with van der Waals surface area (Å²) in [4.78, 5) is 11.6. The van der Waals surface area contributed by atoms with Crippen LogP contribution in [0.3, 0.4) is 0 Å². The molecule has 1 N–H and O–H groups in total. The van der Waals surface area contributed by atoms with Gasteiger partial charge in [0.25, 0.3) is 0 Å². The summed E-state index contributed by atoms with van der Waals surface area (Å²) >= 11 is 0. The molecule has 13 heavy (non-hydrogen) atoms. The normalized spacial score (nSPS) is 14.5. The third-order valence-electron chi connectivity index (χ3n) is 2.19. The molecule has 0 heterocycles. The van der Waals surface area contributed by atoms with Gasteiger partial charge in [-0.25, -0.2) is 0 Å². The molecule has 0 saturated heterocycles. The van der Waals surface area contributed by atoms with Crippen LogP contribution in [0.2, 0.25) is 0 Å². The van der Waals surface area contributed by atoms with Gasteiger partial charge in [0.05, 0.1) is 0 Å². The zero-order valence-corrected chi connectivity index (χ0v) is 9.35. The first-order valence-electron chi connectivity index (χ1n) is 4.99. The van der Waals surface area contributed by atoms with Crippen LogP contribution in [0.15, 0.2) is 11.6 Å². The Hall–Kier alpha value is -0.790. The van der Waals surface area contributed by atoms with Gasteiger partial charge in [-0.05, 0) is 26.2 Å². The van der Waals surface area contributed by atoms with E-state index >= 15 is 0 Å². The number of amides is 1. The SMILES string of the molecule is C/C=C(/C(=O)NC(C)CC)C(C)C. The van der Waals surface area contributed by atoms with E-state index in [1.54, 1.807) is 0 Å². The number of carbonyl (C=O) groups excluding carboxylic acids is 1. The van der Waals surface area contributed by atoms with Crippen molar-refractivity contribution in [3.8, 4) is 0 Å². The second-order valence-electron chi connectivity index (χ2n) is 3.68. The average molecular weight is 183 g/mol. The highest BCUT2D eigenvalue weighted by atomic mass is 16.1. The maximum Gasteiger partial charge on any atom is 0.247 e. The summed E-state index contributed by atoms with van der Waals surface area (Å²) in [5, 5.41) is 2.95.